The van der Waals surface area contributed by atoms with Crippen molar-refractivity contribution in [2.24, 2.45) is 0 Å². The fourth-order valence-corrected chi connectivity index (χ4v) is 7.15. The van der Waals surface area contributed by atoms with Gasteiger partial charge in [-0.25, -0.2) is 19.9 Å². The number of fused-ring (bicyclic) bond motifs is 6. The van der Waals surface area contributed by atoms with Crippen molar-refractivity contribution < 1.29 is 0 Å². The Kier molecular flexibility index (Phi) is 5.61. The van der Waals surface area contributed by atoms with Crippen LogP contribution >= 0.6 is 11.3 Å². The average Bonchev–Trinajstić information content (AvgIpc) is 3.64. The zero-order valence-electron chi connectivity index (χ0n) is 23.4. The van der Waals surface area contributed by atoms with Gasteiger partial charge in [0.25, 0.3) is 0 Å². The van der Waals surface area contributed by atoms with Crippen molar-refractivity contribution in [1.29, 1.82) is 0 Å². The predicted octanol–water partition coefficient (Wildman–Crippen LogP) is 9.73. The monoisotopic (exact) mass is 581 g/mol. The maximum absolute atomic E-state index is 5.34. The van der Waals surface area contributed by atoms with E-state index in [1.54, 1.807) is 11.3 Å². The Labute approximate surface area is 256 Å². The van der Waals surface area contributed by atoms with Gasteiger partial charge in [0, 0.05) is 37.4 Å². The minimum absolute atomic E-state index is 0.572. The zero-order chi connectivity index (χ0) is 29.0. The van der Waals surface area contributed by atoms with Gasteiger partial charge in [0.2, 0.25) is 5.95 Å². The Balaban J connectivity index is 1.40. The lowest BCUT2D eigenvalue weighted by Gasteiger charge is -2.12. The van der Waals surface area contributed by atoms with Gasteiger partial charge in [0.15, 0.2) is 5.82 Å². The second-order valence-electron chi connectivity index (χ2n) is 10.7. The van der Waals surface area contributed by atoms with Gasteiger partial charge in [-0.1, -0.05) is 115 Å². The van der Waals surface area contributed by atoms with Crippen LogP contribution in [0.4, 0.5) is 0 Å². The predicted molar refractivity (Wildman–Crippen MR) is 181 cm³/mol. The third kappa shape index (κ3) is 3.92. The molecule has 9 aromatic rings. The molecule has 0 fully saturated rings. The van der Waals surface area contributed by atoms with Gasteiger partial charge < -0.3 is 0 Å². The number of hydrogen-bond acceptors (Lipinski definition) is 5. The summed E-state index contributed by atoms with van der Waals surface area (Å²) in [6.07, 6.45) is 0. The number of para-hydroxylation sites is 2. The van der Waals surface area contributed by atoms with E-state index in [0.717, 1.165) is 59.5 Å². The van der Waals surface area contributed by atoms with Crippen molar-refractivity contribution in [3.05, 3.63) is 140 Å². The lowest BCUT2D eigenvalue weighted by molar-refractivity contribution is 1.01. The first-order chi connectivity index (χ1) is 21.8. The first-order valence-electron chi connectivity index (χ1n) is 14.5. The van der Waals surface area contributed by atoms with Crippen LogP contribution < -0.4 is 0 Å². The average molecular weight is 582 g/mol. The Morgan fingerprint density at radius 3 is 1.61 bits per heavy atom. The molecule has 0 atom stereocenters. The van der Waals surface area contributed by atoms with Crippen LogP contribution in [0.3, 0.4) is 0 Å². The molecule has 0 radical (unpaired) electrons. The first-order valence-corrected chi connectivity index (χ1v) is 15.3. The Morgan fingerprint density at radius 1 is 0.477 bits per heavy atom. The molecule has 206 valence electrons. The summed E-state index contributed by atoms with van der Waals surface area (Å²) in [7, 11) is 0. The molecule has 0 amide bonds. The third-order valence-corrected chi connectivity index (χ3v) is 9.15. The van der Waals surface area contributed by atoms with Crippen molar-refractivity contribution in [1.82, 2.24) is 24.5 Å². The molecular formula is C38H23N5S. The van der Waals surface area contributed by atoms with Crippen LogP contribution in [-0.4, -0.2) is 24.5 Å². The van der Waals surface area contributed by atoms with E-state index in [1.807, 2.05) is 36.4 Å². The summed E-state index contributed by atoms with van der Waals surface area (Å²) >= 11 is 1.67. The number of rotatable bonds is 4. The van der Waals surface area contributed by atoms with Crippen LogP contribution in [0.2, 0.25) is 0 Å². The molecule has 0 aliphatic carbocycles. The van der Waals surface area contributed by atoms with Crippen LogP contribution in [0, 0.1) is 0 Å². The summed E-state index contributed by atoms with van der Waals surface area (Å²) in [5, 5.41) is 4.40. The summed E-state index contributed by atoms with van der Waals surface area (Å²) in [5.74, 6) is 1.18. The van der Waals surface area contributed by atoms with Crippen LogP contribution in [0.25, 0.3) is 82.1 Å². The fraction of sp³-hybridized carbons (Fsp3) is 0. The van der Waals surface area contributed by atoms with Crippen molar-refractivity contribution in [2.75, 3.05) is 0 Å². The van der Waals surface area contributed by atoms with E-state index in [4.69, 9.17) is 19.9 Å². The van der Waals surface area contributed by atoms with E-state index in [9.17, 15) is 0 Å². The minimum atomic E-state index is 0.572. The Hall–Kier alpha value is -5.72. The van der Waals surface area contributed by atoms with E-state index >= 15 is 0 Å². The number of thiophene rings is 1. The lowest BCUT2D eigenvalue weighted by Crippen LogP contribution is -2.04. The van der Waals surface area contributed by atoms with Gasteiger partial charge in [-0.3, -0.25) is 4.57 Å². The van der Waals surface area contributed by atoms with Crippen molar-refractivity contribution in [3.63, 3.8) is 0 Å². The molecule has 4 heterocycles. The van der Waals surface area contributed by atoms with Crippen LogP contribution in [0.15, 0.2) is 140 Å². The van der Waals surface area contributed by atoms with Gasteiger partial charge in [-0.2, -0.15) is 0 Å². The minimum Gasteiger partial charge on any atom is -0.278 e. The van der Waals surface area contributed by atoms with Crippen LogP contribution in [0.1, 0.15) is 0 Å². The molecule has 0 spiro atoms. The van der Waals surface area contributed by atoms with Crippen LogP contribution in [-0.2, 0) is 0 Å². The summed E-state index contributed by atoms with van der Waals surface area (Å²) in [6.45, 7) is 0. The van der Waals surface area contributed by atoms with Gasteiger partial charge in [-0.15, -0.1) is 11.3 Å². The third-order valence-electron chi connectivity index (χ3n) is 8.08. The fourth-order valence-electron chi connectivity index (χ4n) is 6.08. The second-order valence-corrected chi connectivity index (χ2v) is 11.7. The summed E-state index contributed by atoms with van der Waals surface area (Å²) in [4.78, 5) is 21.8. The maximum Gasteiger partial charge on any atom is 0.236 e. The molecule has 5 aromatic carbocycles. The van der Waals surface area contributed by atoms with Crippen molar-refractivity contribution in [3.8, 4) is 40.0 Å². The summed E-state index contributed by atoms with van der Waals surface area (Å²) < 4.78 is 3.32. The first kappa shape index (κ1) is 24.8. The second kappa shape index (κ2) is 9.93. The lowest BCUT2D eigenvalue weighted by atomic mass is 10.1. The molecule has 0 N–H and O–H groups in total. The smallest absolute Gasteiger partial charge is 0.236 e. The molecule has 0 aliphatic rings. The highest BCUT2D eigenvalue weighted by Crippen LogP contribution is 2.40. The van der Waals surface area contributed by atoms with Crippen molar-refractivity contribution >= 4 is 53.4 Å². The molecule has 0 bridgehead atoms. The van der Waals surface area contributed by atoms with Crippen LogP contribution in [0.5, 0.6) is 0 Å². The SMILES string of the molecule is c1ccc(-c2cc(-c3ccccc3)nc(-c3nc(-n4c5ccccc5c5ccccc54)nc4sc5ccccc5c34)n2)cc1. The Morgan fingerprint density at radius 2 is 1.00 bits per heavy atom. The molecule has 6 heteroatoms. The largest absolute Gasteiger partial charge is 0.278 e. The van der Waals surface area contributed by atoms with Crippen molar-refractivity contribution in [2.45, 2.75) is 0 Å². The number of aromatic nitrogens is 5. The summed E-state index contributed by atoms with van der Waals surface area (Å²) in [5.41, 5.74) is 6.58. The van der Waals surface area contributed by atoms with Gasteiger partial charge in [0.1, 0.15) is 10.5 Å². The Bertz CT molecular complexity index is 2390. The highest BCUT2D eigenvalue weighted by molar-refractivity contribution is 7.25. The number of nitrogens with zero attached hydrogens (tertiary/aromatic N) is 5. The number of hydrogen-bond donors (Lipinski definition) is 0. The van der Waals surface area contributed by atoms with E-state index in [1.165, 1.54) is 10.8 Å². The van der Waals surface area contributed by atoms with Gasteiger partial charge >= 0.3 is 0 Å². The zero-order valence-corrected chi connectivity index (χ0v) is 24.2. The van der Waals surface area contributed by atoms with E-state index < -0.39 is 0 Å². The molecule has 0 unspecified atom stereocenters. The standard InChI is InChI=1S/C38H23N5S/c1-3-13-24(14-4-1)29-23-30(25-15-5-2-6-16-25)40-36(39-29)35-34-28-19-9-12-22-33(28)44-37(34)42-38(41-35)43-31-20-10-7-17-26(31)27-18-8-11-21-32(27)43/h1-23H. The molecule has 5 nitrogen and oxygen atoms in total. The molecule has 0 saturated carbocycles. The van der Waals surface area contributed by atoms with E-state index in [-0.39, 0.29) is 0 Å². The van der Waals surface area contributed by atoms with E-state index in [0.29, 0.717) is 11.8 Å². The molecule has 0 saturated heterocycles. The van der Waals surface area contributed by atoms with Gasteiger partial charge in [0.05, 0.1) is 22.4 Å². The molecular weight excluding hydrogens is 559 g/mol. The highest BCUT2D eigenvalue weighted by Gasteiger charge is 2.22. The number of benzene rings is 5. The quantitative estimate of drug-likeness (QED) is 0.208. The molecule has 0 aliphatic heterocycles. The van der Waals surface area contributed by atoms with E-state index in [2.05, 4.69) is 108 Å². The highest BCUT2D eigenvalue weighted by atomic mass is 32.1. The molecule has 44 heavy (non-hydrogen) atoms. The summed E-state index contributed by atoms with van der Waals surface area (Å²) in [6, 6.07) is 47.9. The maximum atomic E-state index is 5.34. The molecule has 9 rings (SSSR count). The topological polar surface area (TPSA) is 56.5 Å². The van der Waals surface area contributed by atoms with Gasteiger partial charge in [-0.05, 0) is 24.3 Å². The molecule has 4 aromatic heterocycles. The normalized spacial score (nSPS) is 11.6.